The van der Waals surface area contributed by atoms with E-state index in [-0.39, 0.29) is 5.91 Å². The van der Waals surface area contributed by atoms with Gasteiger partial charge >= 0.3 is 0 Å². The SMILES string of the molecule is Cc1cc(C(=O)N2CCCN(CC3CC3)CC2)no1. The lowest BCUT2D eigenvalue weighted by Crippen LogP contribution is -2.35. The molecule has 3 rings (SSSR count). The number of amides is 1. The predicted octanol–water partition coefficient (Wildman–Crippen LogP) is 1.54. The summed E-state index contributed by atoms with van der Waals surface area (Å²) in [6.07, 6.45) is 3.82. The van der Waals surface area contributed by atoms with E-state index in [0.717, 1.165) is 38.5 Å². The van der Waals surface area contributed by atoms with E-state index < -0.39 is 0 Å². The van der Waals surface area contributed by atoms with Crippen molar-refractivity contribution in [1.29, 1.82) is 0 Å². The highest BCUT2D eigenvalue weighted by Gasteiger charge is 2.27. The zero-order valence-corrected chi connectivity index (χ0v) is 11.5. The lowest BCUT2D eigenvalue weighted by atomic mass is 10.3. The molecule has 1 aliphatic carbocycles. The molecule has 0 unspecified atom stereocenters. The molecule has 0 N–H and O–H groups in total. The summed E-state index contributed by atoms with van der Waals surface area (Å²) in [5.74, 6) is 1.61. The molecule has 0 atom stereocenters. The number of aromatic nitrogens is 1. The van der Waals surface area contributed by atoms with Crippen molar-refractivity contribution in [2.45, 2.75) is 26.2 Å². The summed E-state index contributed by atoms with van der Waals surface area (Å²) < 4.78 is 4.98. The molecule has 19 heavy (non-hydrogen) atoms. The van der Waals surface area contributed by atoms with Crippen LogP contribution in [0.5, 0.6) is 0 Å². The second-order valence-electron chi connectivity index (χ2n) is 5.71. The van der Waals surface area contributed by atoms with Crippen molar-refractivity contribution < 1.29 is 9.32 Å². The molecule has 5 nitrogen and oxygen atoms in total. The van der Waals surface area contributed by atoms with Gasteiger partial charge in [-0.15, -0.1) is 0 Å². The van der Waals surface area contributed by atoms with Crippen molar-refractivity contribution >= 4 is 5.91 Å². The Balaban J connectivity index is 1.57. The molecule has 104 valence electrons. The first-order chi connectivity index (χ1) is 9.22. The smallest absolute Gasteiger partial charge is 0.276 e. The topological polar surface area (TPSA) is 49.6 Å². The number of carbonyl (C=O) groups is 1. The van der Waals surface area contributed by atoms with E-state index in [1.807, 2.05) is 11.8 Å². The highest BCUT2D eigenvalue weighted by molar-refractivity contribution is 5.92. The molecule has 0 spiro atoms. The molecule has 1 saturated heterocycles. The molecule has 1 aromatic rings. The zero-order chi connectivity index (χ0) is 13.2. The fourth-order valence-corrected chi connectivity index (χ4v) is 2.65. The summed E-state index contributed by atoms with van der Waals surface area (Å²) in [7, 11) is 0. The highest BCUT2D eigenvalue weighted by Crippen LogP contribution is 2.29. The Morgan fingerprint density at radius 2 is 2.21 bits per heavy atom. The van der Waals surface area contributed by atoms with Gasteiger partial charge in [-0.25, -0.2) is 0 Å². The molecular formula is C14H21N3O2. The second kappa shape index (κ2) is 5.33. The largest absolute Gasteiger partial charge is 0.361 e. The lowest BCUT2D eigenvalue weighted by molar-refractivity contribution is 0.0751. The minimum Gasteiger partial charge on any atom is -0.361 e. The summed E-state index contributed by atoms with van der Waals surface area (Å²) in [5, 5.41) is 3.82. The van der Waals surface area contributed by atoms with Crippen LogP contribution in [0.4, 0.5) is 0 Å². The minimum atomic E-state index is 0.00474. The maximum atomic E-state index is 12.3. The van der Waals surface area contributed by atoms with E-state index in [1.165, 1.54) is 19.4 Å². The van der Waals surface area contributed by atoms with Crippen molar-refractivity contribution in [1.82, 2.24) is 15.0 Å². The van der Waals surface area contributed by atoms with Gasteiger partial charge < -0.3 is 14.3 Å². The van der Waals surface area contributed by atoms with Crippen molar-refractivity contribution in [2.24, 2.45) is 5.92 Å². The van der Waals surface area contributed by atoms with Gasteiger partial charge in [-0.05, 0) is 38.6 Å². The van der Waals surface area contributed by atoms with Gasteiger partial charge in [-0.2, -0.15) is 0 Å². The number of carbonyl (C=O) groups excluding carboxylic acids is 1. The lowest BCUT2D eigenvalue weighted by Gasteiger charge is -2.21. The Morgan fingerprint density at radius 1 is 1.37 bits per heavy atom. The van der Waals surface area contributed by atoms with E-state index in [4.69, 9.17) is 4.52 Å². The normalized spacial score (nSPS) is 21.4. The molecule has 0 bridgehead atoms. The van der Waals surface area contributed by atoms with Crippen molar-refractivity contribution in [3.05, 3.63) is 17.5 Å². The van der Waals surface area contributed by atoms with Crippen LogP contribution in [0.15, 0.2) is 10.6 Å². The van der Waals surface area contributed by atoms with E-state index in [9.17, 15) is 4.79 Å². The zero-order valence-electron chi connectivity index (χ0n) is 11.5. The fraction of sp³-hybridized carbons (Fsp3) is 0.714. The van der Waals surface area contributed by atoms with Crippen LogP contribution < -0.4 is 0 Å². The first-order valence-electron chi connectivity index (χ1n) is 7.17. The van der Waals surface area contributed by atoms with Crippen molar-refractivity contribution in [2.75, 3.05) is 32.7 Å². The van der Waals surface area contributed by atoms with Crippen LogP contribution >= 0.6 is 0 Å². The summed E-state index contributed by atoms with van der Waals surface area (Å²) in [6, 6.07) is 1.72. The second-order valence-corrected chi connectivity index (χ2v) is 5.71. The molecule has 2 fully saturated rings. The highest BCUT2D eigenvalue weighted by atomic mass is 16.5. The van der Waals surface area contributed by atoms with Gasteiger partial charge in [-0.1, -0.05) is 5.16 Å². The van der Waals surface area contributed by atoms with Crippen LogP contribution in [0.25, 0.3) is 0 Å². The molecule has 1 amide bonds. The average Bonchev–Trinajstić information content (AvgIpc) is 3.15. The maximum Gasteiger partial charge on any atom is 0.276 e. The first-order valence-corrected chi connectivity index (χ1v) is 7.17. The third kappa shape index (κ3) is 3.15. The predicted molar refractivity (Wildman–Crippen MR) is 70.9 cm³/mol. The van der Waals surface area contributed by atoms with Crippen LogP contribution in [0, 0.1) is 12.8 Å². The standard InChI is InChI=1S/C14H21N3O2/c1-11-9-13(15-19-11)14(18)17-6-2-5-16(7-8-17)10-12-3-4-12/h9,12H,2-8,10H2,1H3. The van der Waals surface area contributed by atoms with Crippen LogP contribution in [0.2, 0.25) is 0 Å². The molecule has 2 aliphatic rings. The Bertz CT molecular complexity index is 453. The molecule has 2 heterocycles. The molecule has 1 saturated carbocycles. The quantitative estimate of drug-likeness (QED) is 0.830. The van der Waals surface area contributed by atoms with Gasteiger partial charge in [0.1, 0.15) is 5.76 Å². The van der Waals surface area contributed by atoms with Gasteiger partial charge in [0.2, 0.25) is 0 Å². The van der Waals surface area contributed by atoms with Crippen molar-refractivity contribution in [3.8, 4) is 0 Å². The third-order valence-electron chi connectivity index (χ3n) is 3.94. The van der Waals surface area contributed by atoms with E-state index in [1.54, 1.807) is 6.07 Å². The average molecular weight is 263 g/mol. The summed E-state index contributed by atoms with van der Waals surface area (Å²) in [6.45, 7) is 6.75. The summed E-state index contributed by atoms with van der Waals surface area (Å²) in [4.78, 5) is 16.7. The monoisotopic (exact) mass is 263 g/mol. The van der Waals surface area contributed by atoms with Crippen LogP contribution in [0.1, 0.15) is 35.5 Å². The van der Waals surface area contributed by atoms with Crippen LogP contribution in [-0.2, 0) is 0 Å². The molecule has 1 aliphatic heterocycles. The van der Waals surface area contributed by atoms with Crippen LogP contribution in [-0.4, -0.2) is 53.6 Å². The Labute approximate surface area is 113 Å². The van der Waals surface area contributed by atoms with Crippen LogP contribution in [0.3, 0.4) is 0 Å². The minimum absolute atomic E-state index is 0.00474. The maximum absolute atomic E-state index is 12.3. The van der Waals surface area contributed by atoms with Crippen molar-refractivity contribution in [3.63, 3.8) is 0 Å². The molecule has 0 aromatic carbocycles. The number of hydrogen-bond donors (Lipinski definition) is 0. The number of nitrogens with zero attached hydrogens (tertiary/aromatic N) is 3. The van der Waals surface area contributed by atoms with E-state index in [2.05, 4.69) is 10.1 Å². The number of rotatable bonds is 3. The van der Waals surface area contributed by atoms with Gasteiger partial charge in [0, 0.05) is 32.2 Å². The Kier molecular flexibility index (Phi) is 3.55. The Morgan fingerprint density at radius 3 is 2.89 bits per heavy atom. The number of hydrogen-bond acceptors (Lipinski definition) is 4. The third-order valence-corrected chi connectivity index (χ3v) is 3.94. The first kappa shape index (κ1) is 12.7. The van der Waals surface area contributed by atoms with E-state index >= 15 is 0 Å². The Hall–Kier alpha value is -1.36. The molecular weight excluding hydrogens is 242 g/mol. The molecule has 0 radical (unpaired) electrons. The number of aryl methyl sites for hydroxylation is 1. The fourth-order valence-electron chi connectivity index (χ4n) is 2.65. The molecule has 5 heteroatoms. The van der Waals surface area contributed by atoms with Gasteiger partial charge in [0.05, 0.1) is 0 Å². The van der Waals surface area contributed by atoms with Gasteiger partial charge in [0.15, 0.2) is 5.69 Å². The van der Waals surface area contributed by atoms with Gasteiger partial charge in [0.25, 0.3) is 5.91 Å². The molecule has 1 aromatic heterocycles. The summed E-state index contributed by atoms with van der Waals surface area (Å²) >= 11 is 0. The van der Waals surface area contributed by atoms with E-state index in [0.29, 0.717) is 11.5 Å². The van der Waals surface area contributed by atoms with Gasteiger partial charge in [-0.3, -0.25) is 4.79 Å². The summed E-state index contributed by atoms with van der Waals surface area (Å²) in [5.41, 5.74) is 0.438.